The van der Waals surface area contributed by atoms with Crippen molar-refractivity contribution in [3.63, 3.8) is 0 Å². The summed E-state index contributed by atoms with van der Waals surface area (Å²) in [5.74, 6) is 0.237. The van der Waals surface area contributed by atoms with Crippen molar-refractivity contribution < 1.29 is 0 Å². The smallest absolute Gasteiger partial charge is 0.0705 e. The maximum absolute atomic E-state index is 4.99. The first-order valence-corrected chi connectivity index (χ1v) is 9.37. The summed E-state index contributed by atoms with van der Waals surface area (Å²) in [5, 5.41) is 1.18. The largest absolute Gasteiger partial charge is 0.378 e. The van der Waals surface area contributed by atoms with Crippen molar-refractivity contribution in [2.75, 3.05) is 19.0 Å². The number of fused-ring (bicyclic) bond motifs is 1. The fourth-order valence-electron chi connectivity index (χ4n) is 3.52. The van der Waals surface area contributed by atoms with Gasteiger partial charge in [-0.15, -0.1) is 0 Å². The lowest BCUT2D eigenvalue weighted by Crippen LogP contribution is -2.09. The Hall–Kier alpha value is -3.13. The Morgan fingerprint density at radius 1 is 0.741 bits per heavy atom. The Labute approximate surface area is 161 Å². The average molecular weight is 352 g/mol. The van der Waals surface area contributed by atoms with Gasteiger partial charge in [-0.25, -0.2) is 0 Å². The normalized spacial score (nSPS) is 12.1. The molecule has 0 radical (unpaired) electrons. The van der Waals surface area contributed by atoms with E-state index in [1.165, 1.54) is 22.2 Å². The van der Waals surface area contributed by atoms with Crippen LogP contribution in [-0.2, 0) is 6.42 Å². The number of pyridine rings is 1. The Bertz CT molecular complexity index is 1020. The van der Waals surface area contributed by atoms with E-state index < -0.39 is 0 Å². The van der Waals surface area contributed by atoms with Gasteiger partial charge in [-0.3, -0.25) is 4.98 Å². The molecule has 27 heavy (non-hydrogen) atoms. The quantitative estimate of drug-likeness (QED) is 0.460. The molecule has 0 N–H and O–H groups in total. The second kappa shape index (κ2) is 7.63. The molecule has 0 fully saturated rings. The van der Waals surface area contributed by atoms with Crippen molar-refractivity contribution in [1.29, 1.82) is 0 Å². The van der Waals surface area contributed by atoms with Crippen molar-refractivity contribution >= 4 is 16.6 Å². The number of nitrogens with zero attached hydrogens (tertiary/aromatic N) is 2. The lowest BCUT2D eigenvalue weighted by Gasteiger charge is -2.19. The summed E-state index contributed by atoms with van der Waals surface area (Å²) in [6.07, 6.45) is 0.934. The molecule has 1 heterocycles. The minimum Gasteiger partial charge on any atom is -0.378 e. The van der Waals surface area contributed by atoms with E-state index in [0.29, 0.717) is 0 Å². The highest BCUT2D eigenvalue weighted by atomic mass is 15.1. The van der Waals surface area contributed by atoms with Crippen LogP contribution in [0.15, 0.2) is 91.0 Å². The number of anilines is 1. The molecular weight excluding hydrogens is 328 g/mol. The third kappa shape index (κ3) is 3.85. The highest BCUT2D eigenvalue weighted by Crippen LogP contribution is 2.29. The van der Waals surface area contributed by atoms with Crippen LogP contribution in [0, 0.1) is 0 Å². The Morgan fingerprint density at radius 2 is 1.44 bits per heavy atom. The van der Waals surface area contributed by atoms with Crippen LogP contribution in [0.1, 0.15) is 22.7 Å². The van der Waals surface area contributed by atoms with Gasteiger partial charge in [0.25, 0.3) is 0 Å². The zero-order valence-electron chi connectivity index (χ0n) is 15.8. The molecule has 0 aliphatic rings. The molecule has 0 unspecified atom stereocenters. The molecule has 0 aliphatic carbocycles. The van der Waals surface area contributed by atoms with Gasteiger partial charge in [0.15, 0.2) is 0 Å². The van der Waals surface area contributed by atoms with E-state index in [2.05, 4.69) is 110 Å². The van der Waals surface area contributed by atoms with Crippen molar-refractivity contribution in [3.8, 4) is 0 Å². The summed E-state index contributed by atoms with van der Waals surface area (Å²) in [6, 6.07) is 32.2. The summed E-state index contributed by atoms with van der Waals surface area (Å²) in [4.78, 5) is 7.11. The van der Waals surface area contributed by atoms with Crippen LogP contribution in [0.25, 0.3) is 10.9 Å². The molecule has 1 atom stereocenters. The van der Waals surface area contributed by atoms with Crippen molar-refractivity contribution in [2.24, 2.45) is 0 Å². The fraction of sp³-hybridized carbons (Fsp3) is 0.160. The van der Waals surface area contributed by atoms with Gasteiger partial charge in [0.05, 0.1) is 5.52 Å². The van der Waals surface area contributed by atoms with E-state index in [1.54, 1.807) is 0 Å². The molecule has 0 spiro atoms. The molecule has 0 bridgehead atoms. The predicted molar refractivity (Wildman–Crippen MR) is 115 cm³/mol. The van der Waals surface area contributed by atoms with Crippen LogP contribution in [0.3, 0.4) is 0 Å². The van der Waals surface area contributed by atoms with Crippen LogP contribution in [-0.4, -0.2) is 19.1 Å². The zero-order valence-corrected chi connectivity index (χ0v) is 15.8. The maximum Gasteiger partial charge on any atom is 0.0705 e. The van der Waals surface area contributed by atoms with Gasteiger partial charge >= 0.3 is 0 Å². The number of aromatic nitrogens is 1. The van der Waals surface area contributed by atoms with Crippen LogP contribution < -0.4 is 4.90 Å². The first-order valence-electron chi connectivity index (χ1n) is 9.37. The van der Waals surface area contributed by atoms with Gasteiger partial charge < -0.3 is 4.90 Å². The van der Waals surface area contributed by atoms with Gasteiger partial charge in [0.2, 0.25) is 0 Å². The average Bonchev–Trinajstić information content (AvgIpc) is 2.72. The van der Waals surface area contributed by atoms with Crippen LogP contribution >= 0.6 is 0 Å². The zero-order chi connectivity index (χ0) is 18.6. The third-order valence-corrected chi connectivity index (χ3v) is 5.07. The molecule has 134 valence electrons. The first-order chi connectivity index (χ1) is 13.2. The van der Waals surface area contributed by atoms with E-state index in [1.807, 2.05) is 0 Å². The summed E-state index contributed by atoms with van der Waals surface area (Å²) in [6.45, 7) is 0. The molecular formula is C25H24N2. The highest BCUT2D eigenvalue weighted by molar-refractivity contribution is 5.78. The molecule has 1 aromatic heterocycles. The molecule has 0 saturated carbocycles. The molecule has 0 saturated heterocycles. The lowest BCUT2D eigenvalue weighted by molar-refractivity contribution is 0.778. The molecule has 4 rings (SSSR count). The molecule has 0 amide bonds. The summed E-state index contributed by atoms with van der Waals surface area (Å²) < 4.78 is 0. The Balaban J connectivity index is 1.72. The second-order valence-electron chi connectivity index (χ2n) is 7.16. The van der Waals surface area contributed by atoms with E-state index in [9.17, 15) is 0 Å². The van der Waals surface area contributed by atoms with Gasteiger partial charge in [-0.05, 0) is 41.8 Å². The number of hydrogen-bond donors (Lipinski definition) is 0. The van der Waals surface area contributed by atoms with Crippen LogP contribution in [0.5, 0.6) is 0 Å². The summed E-state index contributed by atoms with van der Waals surface area (Å²) in [5.41, 5.74) is 6.02. The van der Waals surface area contributed by atoms with Gasteiger partial charge in [-0.1, -0.05) is 66.7 Å². The number of para-hydroxylation sites is 1. The topological polar surface area (TPSA) is 16.1 Å². The Kier molecular flexibility index (Phi) is 4.88. The SMILES string of the molecule is CN(C)c1ccc(C[C@@H](c2ccccc2)c2ccc3ccccc3n2)cc1. The maximum atomic E-state index is 4.99. The highest BCUT2D eigenvalue weighted by Gasteiger charge is 2.17. The lowest BCUT2D eigenvalue weighted by atomic mass is 9.88. The van der Waals surface area contributed by atoms with Crippen LogP contribution in [0.4, 0.5) is 5.69 Å². The summed E-state index contributed by atoms with van der Waals surface area (Å²) in [7, 11) is 4.14. The molecule has 4 aromatic rings. The molecule has 3 aromatic carbocycles. The van der Waals surface area contributed by atoms with Gasteiger partial charge in [0, 0.05) is 36.8 Å². The third-order valence-electron chi connectivity index (χ3n) is 5.07. The fourth-order valence-corrected chi connectivity index (χ4v) is 3.52. The Morgan fingerprint density at radius 3 is 2.19 bits per heavy atom. The van der Waals surface area contributed by atoms with Gasteiger partial charge in [-0.2, -0.15) is 0 Å². The molecule has 0 aliphatic heterocycles. The monoisotopic (exact) mass is 352 g/mol. The molecule has 2 heteroatoms. The summed E-state index contributed by atoms with van der Waals surface area (Å²) >= 11 is 0. The van der Waals surface area contributed by atoms with E-state index in [0.717, 1.165) is 17.6 Å². The minimum atomic E-state index is 0.237. The standard InChI is InChI=1S/C25H24N2/c1-27(2)22-15-12-19(13-16-22)18-23(20-8-4-3-5-9-20)25-17-14-21-10-6-7-11-24(21)26-25/h3-17,23H,18H2,1-2H3/t23-/m0/s1. The van der Waals surface area contributed by atoms with Crippen molar-refractivity contribution in [2.45, 2.75) is 12.3 Å². The number of benzene rings is 3. The first kappa shape index (κ1) is 17.3. The second-order valence-corrected chi connectivity index (χ2v) is 7.16. The number of rotatable bonds is 5. The van der Waals surface area contributed by atoms with Gasteiger partial charge in [0.1, 0.15) is 0 Å². The van der Waals surface area contributed by atoms with E-state index in [-0.39, 0.29) is 5.92 Å². The minimum absolute atomic E-state index is 0.237. The predicted octanol–water partition coefficient (Wildman–Crippen LogP) is 5.68. The van der Waals surface area contributed by atoms with E-state index in [4.69, 9.17) is 4.98 Å². The van der Waals surface area contributed by atoms with Crippen molar-refractivity contribution in [3.05, 3.63) is 108 Å². The van der Waals surface area contributed by atoms with Crippen LogP contribution in [0.2, 0.25) is 0 Å². The number of hydrogen-bond acceptors (Lipinski definition) is 2. The van der Waals surface area contributed by atoms with E-state index >= 15 is 0 Å². The molecule has 2 nitrogen and oxygen atoms in total. The van der Waals surface area contributed by atoms with Crippen molar-refractivity contribution in [1.82, 2.24) is 4.98 Å².